The van der Waals surface area contributed by atoms with Crippen LogP contribution in [0.1, 0.15) is 35.2 Å². The summed E-state index contributed by atoms with van der Waals surface area (Å²) in [5.74, 6) is 0. The Bertz CT molecular complexity index is 1260. The van der Waals surface area contributed by atoms with Gasteiger partial charge in [0.2, 0.25) is 10.0 Å². The Balaban J connectivity index is 1.96. The molecule has 1 N–H and O–H groups in total. The minimum atomic E-state index is -3.95. The van der Waals surface area contributed by atoms with Crippen molar-refractivity contribution in [3.05, 3.63) is 111 Å². The zero-order chi connectivity index (χ0) is 22.9. The second-order valence-corrected chi connectivity index (χ2v) is 10.5. The largest absolute Gasteiger partial charge is 0.392 e. The van der Waals surface area contributed by atoms with Crippen molar-refractivity contribution in [2.24, 2.45) is 0 Å². The molecule has 0 aliphatic carbocycles. The maximum absolute atomic E-state index is 14.1. The van der Waals surface area contributed by atoms with Crippen LogP contribution in [0.2, 0.25) is 10.0 Å². The van der Waals surface area contributed by atoms with Gasteiger partial charge in [-0.05, 0) is 65.9 Å². The molecule has 4 rings (SSSR count). The van der Waals surface area contributed by atoms with Crippen LogP contribution in [0.25, 0.3) is 0 Å². The second-order valence-electron chi connectivity index (χ2n) is 7.80. The summed E-state index contributed by atoms with van der Waals surface area (Å²) in [6.45, 7) is 1.52. The van der Waals surface area contributed by atoms with Gasteiger partial charge in [-0.25, -0.2) is 8.42 Å². The third-order valence-corrected chi connectivity index (χ3v) is 8.29. The molecule has 4 nitrogen and oxygen atoms in total. The first kappa shape index (κ1) is 23.0. The normalized spacial score (nSPS) is 19.6. The molecule has 0 saturated carbocycles. The summed E-state index contributed by atoms with van der Waals surface area (Å²) in [6, 6.07) is 20.1. The molecule has 1 aliphatic heterocycles. The van der Waals surface area contributed by atoms with Crippen molar-refractivity contribution in [1.29, 1.82) is 0 Å². The number of aliphatic hydroxyl groups excluding tert-OH is 1. The Labute approximate surface area is 198 Å². The predicted octanol–water partition coefficient (Wildman–Crippen LogP) is 6.10. The van der Waals surface area contributed by atoms with E-state index in [0.29, 0.717) is 33.2 Å². The first-order valence-corrected chi connectivity index (χ1v) is 12.4. The molecule has 1 unspecified atom stereocenters. The van der Waals surface area contributed by atoms with E-state index >= 15 is 0 Å². The number of aliphatic hydroxyl groups is 1. The summed E-state index contributed by atoms with van der Waals surface area (Å²) in [5, 5.41) is 11.2. The third-order valence-electron chi connectivity index (χ3n) is 5.77. The van der Waals surface area contributed by atoms with Crippen molar-refractivity contribution < 1.29 is 13.5 Å². The molecule has 3 aromatic carbocycles. The lowest BCUT2D eigenvalue weighted by Crippen LogP contribution is -2.42. The van der Waals surface area contributed by atoms with E-state index in [-0.39, 0.29) is 11.5 Å². The number of hydrogen-bond donors (Lipinski definition) is 1. The number of halogens is 2. The molecule has 32 heavy (non-hydrogen) atoms. The van der Waals surface area contributed by atoms with E-state index in [4.69, 9.17) is 23.2 Å². The molecule has 166 valence electrons. The summed E-state index contributed by atoms with van der Waals surface area (Å²) in [6.07, 6.45) is 2.36. The van der Waals surface area contributed by atoms with Crippen LogP contribution in [-0.4, -0.2) is 24.4 Å². The molecule has 3 aromatic rings. The molecule has 2 atom stereocenters. The lowest BCUT2D eigenvalue weighted by molar-refractivity contribution is 0.230. The zero-order valence-electron chi connectivity index (χ0n) is 17.4. The van der Waals surface area contributed by atoms with Gasteiger partial charge in [0.15, 0.2) is 0 Å². The number of hydrogen-bond acceptors (Lipinski definition) is 3. The zero-order valence-corrected chi connectivity index (χ0v) is 19.8. The van der Waals surface area contributed by atoms with E-state index in [2.05, 4.69) is 0 Å². The topological polar surface area (TPSA) is 57.6 Å². The summed E-state index contributed by atoms with van der Waals surface area (Å²) in [5.41, 5.74) is 2.81. The van der Waals surface area contributed by atoms with Crippen LogP contribution in [0.15, 0.2) is 89.3 Å². The second kappa shape index (κ2) is 9.38. The molecule has 0 saturated heterocycles. The van der Waals surface area contributed by atoms with Gasteiger partial charge in [0.1, 0.15) is 0 Å². The first-order valence-electron chi connectivity index (χ1n) is 10.2. The Kier molecular flexibility index (Phi) is 6.75. The Hall–Kier alpha value is -2.15. The van der Waals surface area contributed by atoms with Gasteiger partial charge in [-0.1, -0.05) is 71.7 Å². The van der Waals surface area contributed by atoms with E-state index in [0.717, 1.165) is 5.56 Å². The summed E-state index contributed by atoms with van der Waals surface area (Å²) in [7, 11) is -3.95. The molecule has 1 aliphatic rings. The van der Waals surface area contributed by atoms with Gasteiger partial charge in [-0.3, -0.25) is 0 Å². The molecule has 0 amide bonds. The van der Waals surface area contributed by atoms with Gasteiger partial charge >= 0.3 is 0 Å². The van der Waals surface area contributed by atoms with Gasteiger partial charge in [-0.15, -0.1) is 0 Å². The minimum absolute atomic E-state index is 0.241. The van der Waals surface area contributed by atoms with Crippen LogP contribution in [0.5, 0.6) is 0 Å². The van der Waals surface area contributed by atoms with Gasteiger partial charge in [0.05, 0.1) is 23.6 Å². The van der Waals surface area contributed by atoms with Crippen molar-refractivity contribution in [2.45, 2.75) is 30.3 Å². The van der Waals surface area contributed by atoms with Crippen LogP contribution in [0.4, 0.5) is 0 Å². The predicted molar refractivity (Wildman–Crippen MR) is 128 cm³/mol. The third kappa shape index (κ3) is 4.36. The molecule has 0 fully saturated rings. The van der Waals surface area contributed by atoms with Gasteiger partial charge in [-0.2, -0.15) is 4.31 Å². The standard InChI is InChI=1S/C25H23Cl2NO3S/c1-17-5-2-3-8-24(17)32(30,31)28-23(18-9-12-21(26)13-10-18)14-11-20(16-29)25(28)19-6-4-7-22(27)15-19/h2-13,15,23,25,29H,14,16H2,1H3/t23-,25?/m0/s1. The fourth-order valence-electron chi connectivity index (χ4n) is 4.24. The fourth-order valence-corrected chi connectivity index (χ4v) is 6.60. The van der Waals surface area contributed by atoms with Gasteiger partial charge < -0.3 is 5.11 Å². The maximum atomic E-state index is 14.1. The molecular formula is C25H23Cl2NO3S. The summed E-state index contributed by atoms with van der Waals surface area (Å²) < 4.78 is 29.8. The van der Waals surface area contributed by atoms with Crippen molar-refractivity contribution in [1.82, 2.24) is 4.31 Å². The van der Waals surface area contributed by atoms with Crippen LogP contribution in [-0.2, 0) is 10.0 Å². The van der Waals surface area contributed by atoms with Crippen molar-refractivity contribution in [2.75, 3.05) is 6.61 Å². The molecule has 0 radical (unpaired) electrons. The van der Waals surface area contributed by atoms with E-state index in [1.165, 1.54) is 4.31 Å². The quantitative estimate of drug-likeness (QED) is 0.442. The molecule has 0 spiro atoms. The SMILES string of the molecule is Cc1ccccc1S(=O)(=O)N1C(c2cccc(Cl)c2)C(CO)=CC[C@H]1c1ccc(Cl)cc1. The summed E-state index contributed by atoms with van der Waals surface area (Å²) in [4.78, 5) is 0.241. The average Bonchev–Trinajstić information content (AvgIpc) is 2.79. The summed E-state index contributed by atoms with van der Waals surface area (Å²) >= 11 is 12.4. The van der Waals surface area contributed by atoms with Crippen molar-refractivity contribution in [3.63, 3.8) is 0 Å². The number of rotatable bonds is 5. The first-order chi connectivity index (χ1) is 15.3. The highest BCUT2D eigenvalue weighted by Gasteiger charge is 2.42. The lowest BCUT2D eigenvalue weighted by atomic mass is 9.90. The molecule has 0 aromatic heterocycles. The highest BCUT2D eigenvalue weighted by Crippen LogP contribution is 2.46. The molecule has 7 heteroatoms. The smallest absolute Gasteiger partial charge is 0.244 e. The fraction of sp³-hybridized carbons (Fsp3) is 0.200. The van der Waals surface area contributed by atoms with Crippen LogP contribution >= 0.6 is 23.2 Å². The van der Waals surface area contributed by atoms with E-state index in [9.17, 15) is 13.5 Å². The van der Waals surface area contributed by atoms with E-state index in [1.54, 1.807) is 55.5 Å². The number of benzene rings is 3. The maximum Gasteiger partial charge on any atom is 0.244 e. The van der Waals surface area contributed by atoms with Crippen LogP contribution < -0.4 is 0 Å². The van der Waals surface area contributed by atoms with Gasteiger partial charge in [0.25, 0.3) is 0 Å². The van der Waals surface area contributed by atoms with Crippen LogP contribution in [0, 0.1) is 6.92 Å². The highest BCUT2D eigenvalue weighted by atomic mass is 35.5. The van der Waals surface area contributed by atoms with E-state index in [1.807, 2.05) is 30.3 Å². The van der Waals surface area contributed by atoms with Crippen molar-refractivity contribution in [3.8, 4) is 0 Å². The Morgan fingerprint density at radius 3 is 2.31 bits per heavy atom. The number of sulfonamides is 1. The van der Waals surface area contributed by atoms with Crippen LogP contribution in [0.3, 0.4) is 0 Å². The molecule has 1 heterocycles. The Morgan fingerprint density at radius 2 is 1.66 bits per heavy atom. The Morgan fingerprint density at radius 1 is 0.938 bits per heavy atom. The van der Waals surface area contributed by atoms with Crippen molar-refractivity contribution >= 4 is 33.2 Å². The number of nitrogens with zero attached hydrogens (tertiary/aromatic N) is 1. The molecule has 0 bridgehead atoms. The highest BCUT2D eigenvalue weighted by molar-refractivity contribution is 7.89. The molecular weight excluding hydrogens is 465 g/mol. The minimum Gasteiger partial charge on any atom is -0.392 e. The monoisotopic (exact) mass is 487 g/mol. The van der Waals surface area contributed by atoms with Gasteiger partial charge in [0, 0.05) is 10.0 Å². The lowest BCUT2D eigenvalue weighted by Gasteiger charge is -2.41. The average molecular weight is 488 g/mol. The van der Waals surface area contributed by atoms with E-state index < -0.39 is 22.1 Å². The number of aryl methyl sites for hydroxylation is 1.